The molecule has 0 atom stereocenters. The van der Waals surface area contributed by atoms with E-state index in [0.29, 0.717) is 0 Å². The van der Waals surface area contributed by atoms with Crippen LogP contribution in [0.15, 0.2) is 231 Å². The molecule has 0 saturated heterocycles. The summed E-state index contributed by atoms with van der Waals surface area (Å²) in [5, 5.41) is 7.38. The standard InChI is InChI=1S/C68H50N2/c1-67(2)57-30-16-13-24-48(57)50-37-34-43(40-59(50)67)64-53-27-11-12-28-54(53)65(44-35-38-51-49-25-14-17-31-58(49)68(3,4)60(51)41-44)66-55(64)29-19-33-63(66)69(45-20-7-5-8-21-45)47-36-39-62-56(42-47)52-26-15-18-32-61(52)70(62)46-22-9-6-10-23-46/h5-42H,1-4H3. The largest absolute Gasteiger partial charge is 0.310 e. The molecule has 0 radical (unpaired) electrons. The third kappa shape index (κ3) is 5.74. The van der Waals surface area contributed by atoms with Crippen molar-refractivity contribution < 1.29 is 0 Å². The van der Waals surface area contributed by atoms with Gasteiger partial charge in [0.2, 0.25) is 0 Å². The van der Waals surface area contributed by atoms with Gasteiger partial charge in [-0.25, -0.2) is 0 Å². The maximum absolute atomic E-state index is 2.51. The third-order valence-electron chi connectivity index (χ3n) is 16.0. The Morgan fingerprint density at radius 1 is 0.329 bits per heavy atom. The van der Waals surface area contributed by atoms with Crippen LogP contribution in [0.4, 0.5) is 17.1 Å². The maximum Gasteiger partial charge on any atom is 0.0546 e. The lowest BCUT2D eigenvalue weighted by Crippen LogP contribution is -2.15. The number of nitrogens with zero attached hydrogens (tertiary/aromatic N) is 2. The van der Waals surface area contributed by atoms with Crippen LogP contribution in [0.3, 0.4) is 0 Å². The van der Waals surface area contributed by atoms with Crippen LogP contribution in [-0.4, -0.2) is 4.57 Å². The molecule has 0 amide bonds. The van der Waals surface area contributed by atoms with Crippen LogP contribution in [0.25, 0.3) is 93.5 Å². The number of fused-ring (bicyclic) bond motifs is 11. The molecule has 0 N–H and O–H groups in total. The van der Waals surface area contributed by atoms with E-state index in [-0.39, 0.29) is 10.8 Å². The fourth-order valence-corrected chi connectivity index (χ4v) is 12.7. The molecule has 0 saturated carbocycles. The molecule has 0 fully saturated rings. The molecule has 0 aliphatic heterocycles. The minimum absolute atomic E-state index is 0.139. The van der Waals surface area contributed by atoms with Gasteiger partial charge in [0.05, 0.1) is 16.7 Å². The molecular weight excluding hydrogens is 845 g/mol. The second kappa shape index (κ2) is 15.0. The molecule has 0 spiro atoms. The molecule has 2 aliphatic carbocycles. The first-order valence-corrected chi connectivity index (χ1v) is 24.7. The first-order valence-electron chi connectivity index (χ1n) is 24.7. The molecule has 11 aromatic carbocycles. The van der Waals surface area contributed by atoms with Crippen molar-refractivity contribution in [3.63, 3.8) is 0 Å². The lowest BCUT2D eigenvalue weighted by Gasteiger charge is -2.30. The van der Waals surface area contributed by atoms with E-state index in [9.17, 15) is 0 Å². The van der Waals surface area contributed by atoms with Gasteiger partial charge >= 0.3 is 0 Å². The normalized spacial score (nSPS) is 13.9. The molecule has 2 aliphatic rings. The van der Waals surface area contributed by atoms with Crippen LogP contribution >= 0.6 is 0 Å². The van der Waals surface area contributed by atoms with E-state index in [1.54, 1.807) is 0 Å². The average molecular weight is 895 g/mol. The summed E-state index contributed by atoms with van der Waals surface area (Å²) in [6.45, 7) is 9.56. The van der Waals surface area contributed by atoms with Crippen LogP contribution in [0.1, 0.15) is 49.9 Å². The third-order valence-corrected chi connectivity index (χ3v) is 16.0. The zero-order chi connectivity index (χ0) is 46.9. The van der Waals surface area contributed by atoms with E-state index in [4.69, 9.17) is 0 Å². The minimum atomic E-state index is -0.157. The fraction of sp³-hybridized carbons (Fsp3) is 0.0882. The lowest BCUT2D eigenvalue weighted by molar-refractivity contribution is 0.660. The smallest absolute Gasteiger partial charge is 0.0546 e. The Balaban J connectivity index is 1.09. The van der Waals surface area contributed by atoms with Gasteiger partial charge in [-0.1, -0.05) is 191 Å². The predicted octanol–water partition coefficient (Wildman–Crippen LogP) is 18.5. The zero-order valence-corrected chi connectivity index (χ0v) is 39.8. The summed E-state index contributed by atoms with van der Waals surface area (Å²) in [6, 6.07) is 86.3. The summed E-state index contributed by atoms with van der Waals surface area (Å²) in [5.41, 5.74) is 22.4. The molecule has 2 nitrogen and oxygen atoms in total. The van der Waals surface area contributed by atoms with E-state index in [2.05, 4.69) is 268 Å². The molecule has 0 unspecified atom stereocenters. The highest BCUT2D eigenvalue weighted by Crippen LogP contribution is 2.55. The van der Waals surface area contributed by atoms with E-state index in [1.807, 2.05) is 0 Å². The van der Waals surface area contributed by atoms with Gasteiger partial charge in [-0.2, -0.15) is 0 Å². The van der Waals surface area contributed by atoms with Crippen LogP contribution in [-0.2, 0) is 10.8 Å². The Morgan fingerprint density at radius 2 is 0.829 bits per heavy atom. The predicted molar refractivity (Wildman–Crippen MR) is 296 cm³/mol. The van der Waals surface area contributed by atoms with Crippen molar-refractivity contribution in [2.75, 3.05) is 4.90 Å². The van der Waals surface area contributed by atoms with Crippen molar-refractivity contribution in [2.45, 2.75) is 38.5 Å². The van der Waals surface area contributed by atoms with Crippen LogP contribution < -0.4 is 4.90 Å². The van der Waals surface area contributed by atoms with Crippen molar-refractivity contribution in [3.8, 4) is 50.2 Å². The number of para-hydroxylation sites is 3. The van der Waals surface area contributed by atoms with Gasteiger partial charge in [0.1, 0.15) is 0 Å². The molecule has 1 aromatic heterocycles. The number of anilines is 3. The average Bonchev–Trinajstić information content (AvgIpc) is 3.94. The summed E-state index contributed by atoms with van der Waals surface area (Å²) in [4.78, 5) is 2.51. The molecule has 2 heteroatoms. The Morgan fingerprint density at radius 3 is 1.49 bits per heavy atom. The fourth-order valence-electron chi connectivity index (χ4n) is 12.7. The monoisotopic (exact) mass is 894 g/mol. The van der Waals surface area contributed by atoms with E-state index < -0.39 is 0 Å². The molecule has 14 rings (SSSR count). The summed E-state index contributed by atoms with van der Waals surface area (Å²) < 4.78 is 2.40. The van der Waals surface area contributed by atoms with Crippen molar-refractivity contribution in [1.29, 1.82) is 0 Å². The number of hydrogen-bond acceptors (Lipinski definition) is 1. The van der Waals surface area contributed by atoms with Gasteiger partial charge in [0.15, 0.2) is 0 Å². The Bertz CT molecular complexity index is 4110. The molecule has 1 heterocycles. The highest BCUT2D eigenvalue weighted by molar-refractivity contribution is 6.25. The highest BCUT2D eigenvalue weighted by Gasteiger charge is 2.37. The number of aromatic nitrogens is 1. The van der Waals surface area contributed by atoms with E-state index in [0.717, 1.165) is 22.7 Å². The first kappa shape index (κ1) is 40.6. The minimum Gasteiger partial charge on any atom is -0.310 e. The highest BCUT2D eigenvalue weighted by atomic mass is 15.1. The molecule has 0 bridgehead atoms. The van der Waals surface area contributed by atoms with Crippen molar-refractivity contribution in [3.05, 3.63) is 253 Å². The van der Waals surface area contributed by atoms with Crippen molar-refractivity contribution in [1.82, 2.24) is 4.57 Å². The SMILES string of the molecule is CC1(C)c2ccccc2-c2ccc(-c3c4ccccc4c(-c4ccc5c(c4)C(C)(C)c4ccccc4-5)c4c(N(c5ccccc5)c5ccc6c(c5)c5ccccc5n6-c5ccccc5)cccc34)cc21. The lowest BCUT2D eigenvalue weighted by atomic mass is 9.79. The summed E-state index contributed by atoms with van der Waals surface area (Å²) in [6.07, 6.45) is 0. The zero-order valence-electron chi connectivity index (χ0n) is 39.8. The number of rotatable bonds is 6. The quantitative estimate of drug-likeness (QED) is 0.151. The van der Waals surface area contributed by atoms with Crippen molar-refractivity contribution >= 4 is 60.4 Å². The number of benzene rings is 11. The maximum atomic E-state index is 2.51. The topological polar surface area (TPSA) is 8.17 Å². The van der Waals surface area contributed by atoms with Crippen LogP contribution in [0, 0.1) is 0 Å². The van der Waals surface area contributed by atoms with Gasteiger partial charge in [-0.05, 0) is 150 Å². The van der Waals surface area contributed by atoms with Gasteiger partial charge < -0.3 is 9.47 Å². The number of hydrogen-bond donors (Lipinski definition) is 0. The second-order valence-electron chi connectivity index (χ2n) is 20.4. The van der Waals surface area contributed by atoms with E-state index >= 15 is 0 Å². The van der Waals surface area contributed by atoms with Gasteiger partial charge in [0, 0.05) is 44.1 Å². The Hall–Kier alpha value is -8.46. The van der Waals surface area contributed by atoms with E-state index in [1.165, 1.54) is 110 Å². The molecule has 332 valence electrons. The van der Waals surface area contributed by atoms with Gasteiger partial charge in [-0.3, -0.25) is 0 Å². The Kier molecular flexibility index (Phi) is 8.71. The van der Waals surface area contributed by atoms with Gasteiger partial charge in [-0.15, -0.1) is 0 Å². The molecule has 70 heavy (non-hydrogen) atoms. The summed E-state index contributed by atoms with van der Waals surface area (Å²) in [5.74, 6) is 0. The first-order chi connectivity index (χ1) is 34.3. The summed E-state index contributed by atoms with van der Waals surface area (Å²) in [7, 11) is 0. The Labute approximate surface area is 409 Å². The van der Waals surface area contributed by atoms with Crippen LogP contribution in [0.5, 0.6) is 0 Å². The van der Waals surface area contributed by atoms with Gasteiger partial charge in [0.25, 0.3) is 0 Å². The summed E-state index contributed by atoms with van der Waals surface area (Å²) >= 11 is 0. The molecule has 12 aromatic rings. The van der Waals surface area contributed by atoms with Crippen LogP contribution in [0.2, 0.25) is 0 Å². The molecular formula is C68H50N2. The second-order valence-corrected chi connectivity index (χ2v) is 20.4. The van der Waals surface area contributed by atoms with Crippen molar-refractivity contribution in [2.24, 2.45) is 0 Å².